The summed E-state index contributed by atoms with van der Waals surface area (Å²) in [5, 5.41) is 8.38. The number of fused-ring (bicyclic) bond motifs is 2. The molecule has 0 N–H and O–H groups in total. The molecule has 4 aromatic carbocycles. The van der Waals surface area contributed by atoms with Crippen molar-refractivity contribution in [3.05, 3.63) is 84.9 Å². The summed E-state index contributed by atoms with van der Waals surface area (Å²) in [5.41, 5.74) is 2.41. The van der Waals surface area contributed by atoms with Crippen molar-refractivity contribution in [1.82, 2.24) is 0 Å². The normalized spacial score (nSPS) is 10.8. The van der Waals surface area contributed by atoms with E-state index in [-0.39, 0.29) is 0 Å². The first-order chi connectivity index (χ1) is 11.4. The van der Waals surface area contributed by atoms with Crippen molar-refractivity contribution in [2.45, 2.75) is 6.92 Å². The van der Waals surface area contributed by atoms with Gasteiger partial charge in [-0.05, 0) is 31.9 Å². The minimum Gasteiger partial charge on any atom is -0.0984 e. The zero-order chi connectivity index (χ0) is 15.6. The van der Waals surface area contributed by atoms with Crippen molar-refractivity contribution in [2.24, 2.45) is 0 Å². The molecule has 0 fully saturated rings. The van der Waals surface area contributed by atoms with Crippen LogP contribution in [0.5, 0.6) is 0 Å². The van der Waals surface area contributed by atoms with Crippen molar-refractivity contribution in [3.63, 3.8) is 0 Å². The number of hydrogen-bond acceptors (Lipinski definition) is 0. The van der Waals surface area contributed by atoms with Gasteiger partial charge < -0.3 is 0 Å². The molecule has 0 atom stereocenters. The molecule has 0 saturated heterocycles. The van der Waals surface area contributed by atoms with Gasteiger partial charge in [-0.1, -0.05) is 97.5 Å². The molecule has 1 heteroatoms. The smallest absolute Gasteiger partial charge is 0.0773 e. The topological polar surface area (TPSA) is 0 Å². The molecule has 0 aliphatic heterocycles. The molecule has 0 radical (unpaired) electrons. The Hall–Kier alpha value is -2.51. The van der Waals surface area contributed by atoms with Gasteiger partial charge in [-0.25, -0.2) is 0 Å². The van der Waals surface area contributed by atoms with Crippen LogP contribution in [0, 0.1) is 0 Å². The van der Waals surface area contributed by atoms with E-state index < -0.39 is 8.41 Å². The van der Waals surface area contributed by atoms with E-state index in [2.05, 4.69) is 97.5 Å². The Labute approximate surface area is 138 Å². The van der Waals surface area contributed by atoms with Crippen molar-refractivity contribution in [3.8, 4) is 0 Å². The summed E-state index contributed by atoms with van der Waals surface area (Å²) in [6.45, 7) is 2.21. The van der Waals surface area contributed by atoms with Gasteiger partial charge in [0, 0.05) is 0 Å². The van der Waals surface area contributed by atoms with Crippen LogP contribution in [0.4, 0.5) is 0 Å². The van der Waals surface area contributed by atoms with E-state index in [4.69, 9.17) is 0 Å². The maximum Gasteiger partial charge on any atom is 0.0773 e. The summed E-state index contributed by atoms with van der Waals surface area (Å²) >= 11 is 0. The van der Waals surface area contributed by atoms with Crippen LogP contribution in [0.2, 0.25) is 0 Å². The van der Waals surface area contributed by atoms with Crippen LogP contribution in [0.25, 0.3) is 21.5 Å². The quantitative estimate of drug-likeness (QED) is 0.491. The van der Waals surface area contributed by atoms with E-state index in [1.165, 1.54) is 31.9 Å². The molecule has 4 aromatic rings. The highest BCUT2D eigenvalue weighted by Crippen LogP contribution is 2.14. The standard InChI is InChI=1S/C22H18Si/c1-2-23(21-15-7-11-17-9-3-5-13-19(17)21)22-16-8-12-18-10-4-6-14-20(18)22/h2-16H,1H3. The van der Waals surface area contributed by atoms with Gasteiger partial charge in [0.2, 0.25) is 0 Å². The van der Waals surface area contributed by atoms with E-state index in [0.717, 1.165) is 0 Å². The van der Waals surface area contributed by atoms with Crippen LogP contribution in [0.15, 0.2) is 84.9 Å². The first-order valence-corrected chi connectivity index (χ1v) is 9.59. The molecule has 110 valence electrons. The molecule has 4 rings (SSSR count). The summed E-state index contributed by atoms with van der Waals surface area (Å²) in [6.07, 6.45) is 0. The third kappa shape index (κ3) is 2.43. The number of benzene rings is 4. The lowest BCUT2D eigenvalue weighted by Gasteiger charge is -2.13. The SMILES string of the molecule is CC=[Si](c1cccc2ccccc12)c1cccc2ccccc12. The van der Waals surface area contributed by atoms with Crippen LogP contribution in [0.3, 0.4) is 0 Å². The molecule has 0 spiro atoms. The van der Waals surface area contributed by atoms with E-state index in [0.29, 0.717) is 0 Å². The average Bonchev–Trinajstić information content (AvgIpc) is 2.63. The van der Waals surface area contributed by atoms with Crippen LogP contribution in [-0.4, -0.2) is 14.1 Å². The summed E-state index contributed by atoms with van der Waals surface area (Å²) in [5.74, 6) is 0. The molecule has 0 aliphatic carbocycles. The Bertz CT molecular complexity index is 936. The van der Waals surface area contributed by atoms with Gasteiger partial charge in [-0.15, -0.1) is 0 Å². The average molecular weight is 310 g/mol. The fourth-order valence-electron chi connectivity index (χ4n) is 3.38. The zero-order valence-electron chi connectivity index (χ0n) is 13.2. The lowest BCUT2D eigenvalue weighted by atomic mass is 10.1. The highest BCUT2D eigenvalue weighted by atomic mass is 28.2. The lowest BCUT2D eigenvalue weighted by molar-refractivity contribution is 1.76. The van der Waals surface area contributed by atoms with Crippen molar-refractivity contribution >= 4 is 46.0 Å². The highest BCUT2D eigenvalue weighted by Gasteiger charge is 2.11. The molecular formula is C22H18Si. The second-order valence-corrected chi connectivity index (χ2v) is 8.24. The van der Waals surface area contributed by atoms with Crippen molar-refractivity contribution < 1.29 is 0 Å². The Morgan fingerprint density at radius 1 is 0.565 bits per heavy atom. The minimum atomic E-state index is -0.914. The van der Waals surface area contributed by atoms with Crippen molar-refractivity contribution in [1.29, 1.82) is 0 Å². The molecule has 0 bridgehead atoms. The fraction of sp³-hybridized carbons (Fsp3) is 0.0455. The van der Waals surface area contributed by atoms with Crippen LogP contribution < -0.4 is 10.4 Å². The third-order valence-electron chi connectivity index (χ3n) is 4.45. The number of hydrogen-bond donors (Lipinski definition) is 0. The predicted octanol–water partition coefficient (Wildman–Crippen LogP) is 4.01. The van der Waals surface area contributed by atoms with Gasteiger partial charge in [-0.2, -0.15) is 0 Å². The molecule has 0 nitrogen and oxygen atoms in total. The van der Waals surface area contributed by atoms with Crippen LogP contribution >= 0.6 is 0 Å². The van der Waals surface area contributed by atoms with E-state index in [9.17, 15) is 0 Å². The van der Waals surface area contributed by atoms with E-state index in [1.807, 2.05) is 0 Å². The summed E-state index contributed by atoms with van der Waals surface area (Å²) < 4.78 is 0. The van der Waals surface area contributed by atoms with E-state index >= 15 is 0 Å². The third-order valence-corrected chi connectivity index (χ3v) is 7.06. The molecule has 0 aliphatic rings. The molecule has 0 aromatic heterocycles. The van der Waals surface area contributed by atoms with Gasteiger partial charge in [0.05, 0.1) is 8.41 Å². The van der Waals surface area contributed by atoms with Gasteiger partial charge in [0.15, 0.2) is 0 Å². The molecule has 23 heavy (non-hydrogen) atoms. The van der Waals surface area contributed by atoms with Gasteiger partial charge in [0.25, 0.3) is 0 Å². The molecular weight excluding hydrogens is 292 g/mol. The highest BCUT2D eigenvalue weighted by molar-refractivity contribution is 6.91. The largest absolute Gasteiger partial charge is 0.0984 e. The minimum absolute atomic E-state index is 0.914. The van der Waals surface area contributed by atoms with Crippen LogP contribution in [0.1, 0.15) is 6.92 Å². The Balaban J connectivity index is 2.02. The first-order valence-electron chi connectivity index (χ1n) is 8.01. The Morgan fingerprint density at radius 2 is 1.00 bits per heavy atom. The second-order valence-electron chi connectivity index (χ2n) is 5.76. The summed E-state index contributed by atoms with van der Waals surface area (Å²) in [4.78, 5) is 0. The molecule has 0 heterocycles. The second kappa shape index (κ2) is 5.94. The molecule has 0 saturated carbocycles. The maximum atomic E-state index is 2.41. The molecule has 0 amide bonds. The van der Waals surface area contributed by atoms with Gasteiger partial charge >= 0.3 is 0 Å². The zero-order valence-corrected chi connectivity index (χ0v) is 14.2. The maximum absolute atomic E-state index is 2.41. The Kier molecular flexibility index (Phi) is 3.64. The number of rotatable bonds is 2. The predicted molar refractivity (Wildman–Crippen MR) is 105 cm³/mol. The van der Waals surface area contributed by atoms with Gasteiger partial charge in [-0.3, -0.25) is 0 Å². The monoisotopic (exact) mass is 310 g/mol. The summed E-state index contributed by atoms with van der Waals surface area (Å²) in [6, 6.07) is 30.8. The first kappa shape index (κ1) is 14.1. The fourth-order valence-corrected chi connectivity index (χ4v) is 5.88. The van der Waals surface area contributed by atoms with E-state index in [1.54, 1.807) is 0 Å². The van der Waals surface area contributed by atoms with Crippen LogP contribution in [-0.2, 0) is 0 Å². The lowest BCUT2D eigenvalue weighted by Crippen LogP contribution is -2.37. The summed E-state index contributed by atoms with van der Waals surface area (Å²) in [7, 11) is -0.914. The van der Waals surface area contributed by atoms with Crippen molar-refractivity contribution in [2.75, 3.05) is 0 Å². The van der Waals surface area contributed by atoms with Gasteiger partial charge in [0.1, 0.15) is 0 Å². The molecule has 0 unspecified atom stereocenters. The Morgan fingerprint density at radius 3 is 1.48 bits per heavy atom.